The number of phenolic OH excluding ortho intramolecular Hbond substituents is 1. The van der Waals surface area contributed by atoms with Gasteiger partial charge in [-0.2, -0.15) is 0 Å². The lowest BCUT2D eigenvalue weighted by Gasteiger charge is -2.28. The molecule has 1 aromatic rings. The molecule has 3 N–H and O–H groups in total. The number of rotatable bonds is 2. The van der Waals surface area contributed by atoms with Crippen molar-refractivity contribution in [2.45, 2.75) is 26.8 Å². The normalized spacial score (nSPS) is 13.6. The molecule has 0 spiro atoms. The van der Waals surface area contributed by atoms with Crippen LogP contribution in [-0.4, -0.2) is 12.2 Å². The summed E-state index contributed by atoms with van der Waals surface area (Å²) < 4.78 is 5.69. The Bertz CT molecular complexity index is 385. The Kier molecular flexibility index (Phi) is 3.86. The van der Waals surface area contributed by atoms with E-state index in [4.69, 9.17) is 10.5 Å². The highest BCUT2D eigenvalue weighted by atomic mass is 79.9. The minimum absolute atomic E-state index is 0.0403. The summed E-state index contributed by atoms with van der Waals surface area (Å²) in [5.74, 6) is 0.538. The van der Waals surface area contributed by atoms with Gasteiger partial charge in [0.25, 0.3) is 0 Å². The topological polar surface area (TPSA) is 55.5 Å². The number of methoxy groups -OCH3 is 1. The number of nitrogens with two attached hydrogens (primary N) is 1. The fourth-order valence-corrected chi connectivity index (χ4v) is 1.89. The van der Waals surface area contributed by atoms with Gasteiger partial charge in [0.2, 0.25) is 0 Å². The molecule has 0 aromatic heterocycles. The van der Waals surface area contributed by atoms with Crippen molar-refractivity contribution in [3.05, 3.63) is 22.2 Å². The molecule has 1 aromatic carbocycles. The molecule has 0 aliphatic heterocycles. The summed E-state index contributed by atoms with van der Waals surface area (Å²) in [6, 6.07) is 3.49. The summed E-state index contributed by atoms with van der Waals surface area (Å²) in [6.07, 6.45) is 0. The fraction of sp³-hybridized carbons (Fsp3) is 0.500. The van der Waals surface area contributed by atoms with Crippen molar-refractivity contribution in [2.24, 2.45) is 11.1 Å². The highest BCUT2D eigenvalue weighted by Gasteiger charge is 2.24. The summed E-state index contributed by atoms with van der Waals surface area (Å²) in [7, 11) is 1.52. The van der Waals surface area contributed by atoms with Crippen molar-refractivity contribution < 1.29 is 9.84 Å². The maximum absolute atomic E-state index is 9.69. The van der Waals surface area contributed by atoms with Gasteiger partial charge in [-0.15, -0.1) is 0 Å². The standard InChI is InChI=1S/C12H18BrNO2/c1-12(2,3)11(14)7-5-8(13)10(15)9(6-7)16-4/h5-6,11,15H,14H2,1-4H3/t11-/m1/s1. The van der Waals surface area contributed by atoms with Crippen molar-refractivity contribution in [2.75, 3.05) is 7.11 Å². The van der Waals surface area contributed by atoms with Crippen LogP contribution in [0.1, 0.15) is 32.4 Å². The first kappa shape index (κ1) is 13.3. The van der Waals surface area contributed by atoms with E-state index in [1.54, 1.807) is 6.07 Å². The molecule has 0 radical (unpaired) electrons. The van der Waals surface area contributed by atoms with Crippen molar-refractivity contribution in [1.82, 2.24) is 0 Å². The number of phenols is 1. The van der Waals surface area contributed by atoms with Gasteiger partial charge in [-0.3, -0.25) is 0 Å². The third kappa shape index (κ3) is 2.68. The largest absolute Gasteiger partial charge is 0.503 e. The number of halogens is 1. The summed E-state index contributed by atoms with van der Waals surface area (Å²) in [6.45, 7) is 6.22. The molecule has 3 nitrogen and oxygen atoms in total. The molecule has 16 heavy (non-hydrogen) atoms. The lowest BCUT2D eigenvalue weighted by Crippen LogP contribution is -2.26. The molecular weight excluding hydrogens is 270 g/mol. The van der Waals surface area contributed by atoms with Gasteiger partial charge in [0.1, 0.15) is 0 Å². The molecule has 0 unspecified atom stereocenters. The maximum Gasteiger partial charge on any atom is 0.172 e. The summed E-state index contributed by atoms with van der Waals surface area (Å²) in [5, 5.41) is 9.69. The molecule has 1 rings (SSSR count). The number of hydrogen-bond acceptors (Lipinski definition) is 3. The highest BCUT2D eigenvalue weighted by molar-refractivity contribution is 9.10. The van der Waals surface area contributed by atoms with Crippen molar-refractivity contribution in [1.29, 1.82) is 0 Å². The Balaban J connectivity index is 3.21. The second-order valence-electron chi connectivity index (χ2n) is 4.90. The molecule has 0 aliphatic carbocycles. The predicted octanol–water partition coefficient (Wildman–Crippen LogP) is 3.21. The molecule has 90 valence electrons. The van der Waals surface area contributed by atoms with E-state index < -0.39 is 0 Å². The monoisotopic (exact) mass is 287 g/mol. The number of hydrogen-bond donors (Lipinski definition) is 2. The average molecular weight is 288 g/mol. The van der Waals surface area contributed by atoms with E-state index in [1.165, 1.54) is 7.11 Å². The van der Waals surface area contributed by atoms with Gasteiger partial charge < -0.3 is 15.6 Å². The van der Waals surface area contributed by atoms with E-state index in [0.29, 0.717) is 10.2 Å². The van der Waals surface area contributed by atoms with Crippen molar-refractivity contribution in [3.8, 4) is 11.5 Å². The minimum Gasteiger partial charge on any atom is -0.503 e. The molecule has 0 fully saturated rings. The first-order valence-corrected chi connectivity index (χ1v) is 5.88. The first-order valence-electron chi connectivity index (χ1n) is 5.09. The van der Waals surface area contributed by atoms with Gasteiger partial charge >= 0.3 is 0 Å². The van der Waals surface area contributed by atoms with Crippen LogP contribution in [0.2, 0.25) is 0 Å². The Morgan fingerprint density at radius 3 is 2.38 bits per heavy atom. The van der Waals surface area contributed by atoms with Crippen LogP contribution in [0.4, 0.5) is 0 Å². The molecule has 4 heteroatoms. The number of aromatic hydroxyl groups is 1. The van der Waals surface area contributed by atoms with Gasteiger partial charge in [-0.1, -0.05) is 20.8 Å². The third-order valence-corrected chi connectivity index (χ3v) is 3.17. The fourth-order valence-electron chi connectivity index (χ4n) is 1.43. The molecule has 0 heterocycles. The zero-order valence-corrected chi connectivity index (χ0v) is 11.6. The van der Waals surface area contributed by atoms with Gasteiger partial charge in [0.15, 0.2) is 11.5 Å². The zero-order valence-electron chi connectivity index (χ0n) is 10.0. The van der Waals surface area contributed by atoms with E-state index in [9.17, 15) is 5.11 Å². The molecule has 0 saturated heterocycles. The van der Waals surface area contributed by atoms with Crippen LogP contribution in [0.25, 0.3) is 0 Å². The van der Waals surface area contributed by atoms with Crippen LogP contribution in [0.5, 0.6) is 11.5 Å². The highest BCUT2D eigenvalue weighted by Crippen LogP contribution is 2.39. The lowest BCUT2D eigenvalue weighted by atomic mass is 9.83. The Morgan fingerprint density at radius 2 is 1.94 bits per heavy atom. The van der Waals surface area contributed by atoms with E-state index in [1.807, 2.05) is 6.07 Å². The maximum atomic E-state index is 9.69. The predicted molar refractivity (Wildman–Crippen MR) is 68.7 cm³/mol. The second kappa shape index (κ2) is 4.63. The van der Waals surface area contributed by atoms with Crippen molar-refractivity contribution >= 4 is 15.9 Å². The van der Waals surface area contributed by atoms with Crippen molar-refractivity contribution in [3.63, 3.8) is 0 Å². The third-order valence-electron chi connectivity index (χ3n) is 2.56. The Hall–Kier alpha value is -0.740. The number of benzene rings is 1. The van der Waals surface area contributed by atoms with Crippen LogP contribution < -0.4 is 10.5 Å². The van der Waals surface area contributed by atoms with Gasteiger partial charge in [0.05, 0.1) is 11.6 Å². The average Bonchev–Trinajstić information content (AvgIpc) is 2.19. The summed E-state index contributed by atoms with van der Waals surface area (Å²) >= 11 is 3.29. The van der Waals surface area contributed by atoms with Crippen LogP contribution >= 0.6 is 15.9 Å². The molecule has 0 amide bonds. The molecule has 0 bridgehead atoms. The second-order valence-corrected chi connectivity index (χ2v) is 5.75. The Labute approximate surface area is 105 Å². The Morgan fingerprint density at radius 1 is 1.38 bits per heavy atom. The SMILES string of the molecule is COc1cc([C@@H](N)C(C)(C)C)cc(Br)c1O. The number of ether oxygens (including phenoxy) is 1. The molecular formula is C12H18BrNO2. The molecule has 0 aliphatic rings. The van der Waals surface area contributed by atoms with Crippen LogP contribution in [0.3, 0.4) is 0 Å². The zero-order chi connectivity index (χ0) is 12.5. The summed E-state index contributed by atoms with van der Waals surface area (Å²) in [5.41, 5.74) is 7.06. The van der Waals surface area contributed by atoms with Gasteiger partial charge in [-0.05, 0) is 39.0 Å². The molecule has 0 saturated carbocycles. The van der Waals surface area contributed by atoms with E-state index in [-0.39, 0.29) is 17.2 Å². The van der Waals surface area contributed by atoms with Gasteiger partial charge in [-0.25, -0.2) is 0 Å². The van der Waals surface area contributed by atoms with Gasteiger partial charge in [0, 0.05) is 6.04 Å². The first-order chi connectivity index (χ1) is 7.27. The van der Waals surface area contributed by atoms with E-state index in [2.05, 4.69) is 36.7 Å². The van der Waals surface area contributed by atoms with Crippen LogP contribution in [0.15, 0.2) is 16.6 Å². The molecule has 1 atom stereocenters. The smallest absolute Gasteiger partial charge is 0.172 e. The van der Waals surface area contributed by atoms with E-state index in [0.717, 1.165) is 5.56 Å². The lowest BCUT2D eigenvalue weighted by molar-refractivity contribution is 0.323. The van der Waals surface area contributed by atoms with Crippen LogP contribution in [-0.2, 0) is 0 Å². The minimum atomic E-state index is -0.113. The quantitative estimate of drug-likeness (QED) is 0.878. The van der Waals surface area contributed by atoms with E-state index >= 15 is 0 Å². The van der Waals surface area contributed by atoms with Crippen LogP contribution in [0, 0.1) is 5.41 Å². The summed E-state index contributed by atoms with van der Waals surface area (Å²) in [4.78, 5) is 0.